The first kappa shape index (κ1) is 13.8. The van der Waals surface area contributed by atoms with Gasteiger partial charge in [-0.1, -0.05) is 0 Å². The van der Waals surface area contributed by atoms with Crippen LogP contribution in [0.3, 0.4) is 0 Å². The van der Waals surface area contributed by atoms with Crippen LogP contribution in [0.4, 0.5) is 5.69 Å². The molecule has 104 valence electrons. The van der Waals surface area contributed by atoms with Gasteiger partial charge in [0.15, 0.2) is 0 Å². The highest BCUT2D eigenvalue weighted by Gasteiger charge is 2.22. The van der Waals surface area contributed by atoms with E-state index in [-0.39, 0.29) is 17.8 Å². The number of rotatable bonds is 5. The van der Waals surface area contributed by atoms with Crippen LogP contribution in [0.2, 0.25) is 0 Å². The smallest absolute Gasteiger partial charge is 0.273 e. The number of methoxy groups -OCH3 is 1. The molecule has 0 heterocycles. The summed E-state index contributed by atoms with van der Waals surface area (Å²) in [6, 6.07) is 4.87. The minimum atomic E-state index is -0.433. The fraction of sp³-hybridized carbons (Fsp3) is 0.538. The first-order valence-electron chi connectivity index (χ1n) is 6.28. The summed E-state index contributed by atoms with van der Waals surface area (Å²) in [4.78, 5) is 10.4. The van der Waals surface area contributed by atoms with Crippen LogP contribution in [0.25, 0.3) is 0 Å². The lowest BCUT2D eigenvalue weighted by atomic mass is 10.2. The van der Waals surface area contributed by atoms with Gasteiger partial charge in [0.25, 0.3) is 5.69 Å². The van der Waals surface area contributed by atoms with Crippen molar-refractivity contribution in [3.63, 3.8) is 0 Å². The zero-order valence-electron chi connectivity index (χ0n) is 10.9. The van der Waals surface area contributed by atoms with E-state index in [0.29, 0.717) is 12.4 Å². The second kappa shape index (κ2) is 5.99. The minimum Gasteiger partial charge on any atom is -0.496 e. The van der Waals surface area contributed by atoms with Crippen molar-refractivity contribution >= 4 is 5.69 Å². The van der Waals surface area contributed by atoms with Crippen molar-refractivity contribution in [3.05, 3.63) is 33.9 Å². The Morgan fingerprint density at radius 1 is 1.42 bits per heavy atom. The van der Waals surface area contributed by atoms with Gasteiger partial charge in [0, 0.05) is 12.1 Å². The third kappa shape index (κ3) is 3.65. The van der Waals surface area contributed by atoms with Gasteiger partial charge in [0.2, 0.25) is 0 Å². The lowest BCUT2D eigenvalue weighted by molar-refractivity contribution is -0.385. The average molecular weight is 266 g/mol. The highest BCUT2D eigenvalue weighted by Crippen LogP contribution is 2.25. The predicted molar refractivity (Wildman–Crippen MR) is 70.1 cm³/mol. The molecule has 19 heavy (non-hydrogen) atoms. The van der Waals surface area contributed by atoms with Crippen LogP contribution in [0.15, 0.2) is 18.2 Å². The van der Waals surface area contributed by atoms with Gasteiger partial charge in [-0.2, -0.15) is 0 Å². The largest absolute Gasteiger partial charge is 0.496 e. The maximum Gasteiger partial charge on any atom is 0.273 e. The van der Waals surface area contributed by atoms with E-state index in [4.69, 9.17) is 15.2 Å². The summed E-state index contributed by atoms with van der Waals surface area (Å²) in [7, 11) is 1.49. The Balaban J connectivity index is 2.02. The molecule has 1 aliphatic rings. The van der Waals surface area contributed by atoms with Crippen LogP contribution in [0, 0.1) is 10.1 Å². The van der Waals surface area contributed by atoms with Gasteiger partial charge in [0.1, 0.15) is 5.75 Å². The SMILES string of the molecule is COc1cc(COC2CCC(N)C2)cc([N+](=O)[O-])c1. The number of nitrogens with two attached hydrogens (primary N) is 1. The molecule has 0 aliphatic heterocycles. The van der Waals surface area contributed by atoms with Gasteiger partial charge >= 0.3 is 0 Å². The van der Waals surface area contributed by atoms with E-state index in [1.165, 1.54) is 19.2 Å². The fourth-order valence-corrected chi connectivity index (χ4v) is 2.29. The van der Waals surface area contributed by atoms with E-state index in [2.05, 4.69) is 0 Å². The normalized spacial score (nSPS) is 22.4. The molecule has 2 unspecified atom stereocenters. The number of nitro benzene ring substituents is 1. The Kier molecular flexibility index (Phi) is 4.34. The summed E-state index contributed by atoms with van der Waals surface area (Å²) in [6.45, 7) is 0.343. The molecule has 1 aliphatic carbocycles. The Bertz CT molecular complexity index is 464. The second-order valence-electron chi connectivity index (χ2n) is 4.80. The van der Waals surface area contributed by atoms with Gasteiger partial charge < -0.3 is 15.2 Å². The molecule has 1 saturated carbocycles. The molecule has 0 saturated heterocycles. The Morgan fingerprint density at radius 2 is 2.21 bits per heavy atom. The maximum absolute atomic E-state index is 10.8. The van der Waals surface area contributed by atoms with Crippen molar-refractivity contribution in [3.8, 4) is 5.75 Å². The molecule has 2 rings (SSSR count). The van der Waals surface area contributed by atoms with Crippen molar-refractivity contribution in [2.45, 2.75) is 38.0 Å². The van der Waals surface area contributed by atoms with Gasteiger partial charge in [-0.3, -0.25) is 10.1 Å². The Labute approximate surface area is 111 Å². The minimum absolute atomic E-state index is 0.0149. The zero-order chi connectivity index (χ0) is 13.8. The third-order valence-corrected chi connectivity index (χ3v) is 3.31. The maximum atomic E-state index is 10.8. The van der Waals surface area contributed by atoms with Gasteiger partial charge in [0.05, 0.1) is 30.8 Å². The molecule has 6 nitrogen and oxygen atoms in total. The topological polar surface area (TPSA) is 87.6 Å². The summed E-state index contributed by atoms with van der Waals surface area (Å²) in [6.07, 6.45) is 2.93. The molecule has 0 amide bonds. The molecule has 6 heteroatoms. The first-order chi connectivity index (χ1) is 9.08. The van der Waals surface area contributed by atoms with Crippen LogP contribution >= 0.6 is 0 Å². The highest BCUT2D eigenvalue weighted by atomic mass is 16.6. The number of ether oxygens (including phenoxy) is 2. The number of nitro groups is 1. The third-order valence-electron chi connectivity index (χ3n) is 3.31. The van der Waals surface area contributed by atoms with Crippen molar-refractivity contribution in [1.29, 1.82) is 0 Å². The van der Waals surface area contributed by atoms with Crippen LogP contribution in [0.1, 0.15) is 24.8 Å². The summed E-state index contributed by atoms with van der Waals surface area (Å²) in [5.41, 5.74) is 6.57. The van der Waals surface area contributed by atoms with E-state index in [0.717, 1.165) is 24.8 Å². The fourth-order valence-electron chi connectivity index (χ4n) is 2.29. The molecule has 0 spiro atoms. The predicted octanol–water partition coefficient (Wildman–Crippen LogP) is 2.00. The number of non-ortho nitro benzene ring substituents is 1. The number of nitrogens with zero attached hydrogens (tertiary/aromatic N) is 1. The van der Waals surface area contributed by atoms with E-state index in [9.17, 15) is 10.1 Å². The number of benzene rings is 1. The van der Waals surface area contributed by atoms with Gasteiger partial charge in [-0.25, -0.2) is 0 Å². The van der Waals surface area contributed by atoms with E-state index >= 15 is 0 Å². The van der Waals surface area contributed by atoms with Crippen LogP contribution in [-0.2, 0) is 11.3 Å². The molecular weight excluding hydrogens is 248 g/mol. The average Bonchev–Trinajstić information content (AvgIpc) is 2.81. The van der Waals surface area contributed by atoms with Crippen molar-refractivity contribution in [2.75, 3.05) is 7.11 Å². The van der Waals surface area contributed by atoms with Crippen molar-refractivity contribution < 1.29 is 14.4 Å². The molecule has 0 aromatic heterocycles. The van der Waals surface area contributed by atoms with Crippen LogP contribution < -0.4 is 10.5 Å². The molecule has 0 radical (unpaired) electrons. The summed E-state index contributed by atoms with van der Waals surface area (Å²) in [5, 5.41) is 10.8. The van der Waals surface area contributed by atoms with Crippen molar-refractivity contribution in [2.24, 2.45) is 5.73 Å². The molecule has 2 N–H and O–H groups in total. The van der Waals surface area contributed by atoms with E-state index in [1.807, 2.05) is 0 Å². The second-order valence-corrected chi connectivity index (χ2v) is 4.80. The molecule has 2 atom stereocenters. The Morgan fingerprint density at radius 3 is 2.79 bits per heavy atom. The molecule has 0 bridgehead atoms. The lowest BCUT2D eigenvalue weighted by Crippen LogP contribution is -2.17. The number of hydrogen-bond acceptors (Lipinski definition) is 5. The van der Waals surface area contributed by atoms with Gasteiger partial charge in [-0.05, 0) is 30.9 Å². The van der Waals surface area contributed by atoms with E-state index in [1.54, 1.807) is 6.07 Å². The number of hydrogen-bond donors (Lipinski definition) is 1. The van der Waals surface area contributed by atoms with Gasteiger partial charge in [-0.15, -0.1) is 0 Å². The monoisotopic (exact) mass is 266 g/mol. The Hall–Kier alpha value is -1.66. The first-order valence-corrected chi connectivity index (χ1v) is 6.28. The quantitative estimate of drug-likeness (QED) is 0.650. The standard InChI is InChI=1S/C13H18N2O4/c1-18-13-5-9(4-11(7-13)15(16)17)8-19-12-3-2-10(14)6-12/h4-5,7,10,12H,2-3,6,8,14H2,1H3. The molecule has 1 fully saturated rings. The summed E-state index contributed by atoms with van der Waals surface area (Å²) < 4.78 is 10.8. The van der Waals surface area contributed by atoms with Crippen molar-refractivity contribution in [1.82, 2.24) is 0 Å². The van der Waals surface area contributed by atoms with E-state index < -0.39 is 4.92 Å². The highest BCUT2D eigenvalue weighted by molar-refractivity contribution is 5.42. The lowest BCUT2D eigenvalue weighted by Gasteiger charge is -2.12. The summed E-state index contributed by atoms with van der Waals surface area (Å²) in [5.74, 6) is 0.468. The molecular formula is C13H18N2O4. The zero-order valence-corrected chi connectivity index (χ0v) is 10.9. The van der Waals surface area contributed by atoms with Crippen LogP contribution in [0.5, 0.6) is 5.75 Å². The van der Waals surface area contributed by atoms with Crippen LogP contribution in [-0.4, -0.2) is 24.2 Å². The summed E-state index contributed by atoms with van der Waals surface area (Å²) >= 11 is 0. The molecule has 1 aromatic rings. The molecule has 1 aromatic carbocycles.